The average Bonchev–Trinajstić information content (AvgIpc) is 2.57. The summed E-state index contributed by atoms with van der Waals surface area (Å²) in [5.74, 6) is -0.955. The summed E-state index contributed by atoms with van der Waals surface area (Å²) in [5, 5.41) is 2.10. The van der Waals surface area contributed by atoms with Crippen molar-refractivity contribution in [1.29, 1.82) is 0 Å². The van der Waals surface area contributed by atoms with Crippen molar-refractivity contribution >= 4 is 28.3 Å². The molecule has 0 spiro atoms. The van der Waals surface area contributed by atoms with Crippen molar-refractivity contribution in [2.75, 3.05) is 14.2 Å². The first-order chi connectivity index (χ1) is 10.7. The second kappa shape index (κ2) is 7.22. The summed E-state index contributed by atoms with van der Waals surface area (Å²) in [7, 11) is 2.61. The fourth-order valence-electron chi connectivity index (χ4n) is 2.04. The first-order valence-electron chi connectivity index (χ1n) is 6.69. The fraction of sp³-hybridized carbons (Fsp3) is 0.111. The highest BCUT2D eigenvalue weighted by Crippen LogP contribution is 2.22. The fourth-order valence-corrected chi connectivity index (χ4v) is 2.04. The van der Waals surface area contributed by atoms with E-state index < -0.39 is 11.9 Å². The van der Waals surface area contributed by atoms with E-state index in [1.165, 1.54) is 32.4 Å². The van der Waals surface area contributed by atoms with Crippen LogP contribution in [0, 0.1) is 0 Å². The van der Waals surface area contributed by atoms with Gasteiger partial charge in [-0.3, -0.25) is 0 Å². The lowest BCUT2D eigenvalue weighted by molar-refractivity contribution is -0.135. The van der Waals surface area contributed by atoms with Gasteiger partial charge in [0.15, 0.2) is 0 Å². The summed E-state index contributed by atoms with van der Waals surface area (Å²) in [5.41, 5.74) is 1.09. The van der Waals surface area contributed by atoms with Crippen LogP contribution < -0.4 is 0 Å². The highest BCUT2D eigenvalue weighted by atomic mass is 16.5. The predicted molar refractivity (Wildman–Crippen MR) is 85.1 cm³/mol. The lowest BCUT2D eigenvalue weighted by Gasteiger charge is -2.06. The third-order valence-electron chi connectivity index (χ3n) is 3.16. The van der Waals surface area contributed by atoms with Gasteiger partial charge in [-0.2, -0.15) is 0 Å². The van der Waals surface area contributed by atoms with Crippen molar-refractivity contribution in [1.82, 2.24) is 0 Å². The number of benzene rings is 2. The normalized spacial score (nSPS) is 11.6. The molecule has 0 atom stereocenters. The number of carbonyl (C=O) groups is 2. The second-order valence-corrected chi connectivity index (χ2v) is 4.52. The van der Waals surface area contributed by atoms with Crippen LogP contribution in [-0.2, 0) is 19.1 Å². The third-order valence-corrected chi connectivity index (χ3v) is 3.16. The van der Waals surface area contributed by atoms with Crippen molar-refractivity contribution in [3.63, 3.8) is 0 Å². The quantitative estimate of drug-likeness (QED) is 0.494. The van der Waals surface area contributed by atoms with Crippen LogP contribution in [0.4, 0.5) is 0 Å². The van der Waals surface area contributed by atoms with Gasteiger partial charge in [0.25, 0.3) is 0 Å². The van der Waals surface area contributed by atoms with Crippen molar-refractivity contribution in [2.45, 2.75) is 0 Å². The summed E-state index contributed by atoms with van der Waals surface area (Å²) in [6, 6.07) is 13.5. The minimum absolute atomic E-state index is 0.369. The molecular weight excluding hydrogens is 280 g/mol. The molecule has 22 heavy (non-hydrogen) atoms. The van der Waals surface area contributed by atoms with Crippen molar-refractivity contribution < 1.29 is 19.1 Å². The summed E-state index contributed by atoms with van der Waals surface area (Å²) < 4.78 is 9.32. The van der Waals surface area contributed by atoms with Gasteiger partial charge in [-0.05, 0) is 28.5 Å². The Morgan fingerprint density at radius 1 is 0.955 bits per heavy atom. The van der Waals surface area contributed by atoms with Gasteiger partial charge < -0.3 is 9.47 Å². The molecule has 2 aromatic rings. The molecule has 2 aromatic carbocycles. The molecule has 0 unspecified atom stereocenters. The molecule has 0 aliphatic heterocycles. The van der Waals surface area contributed by atoms with Gasteiger partial charge >= 0.3 is 11.9 Å². The smallest absolute Gasteiger partial charge is 0.338 e. The van der Waals surface area contributed by atoms with Crippen molar-refractivity contribution in [3.8, 4) is 0 Å². The zero-order valence-electron chi connectivity index (χ0n) is 12.4. The molecule has 0 amide bonds. The first kappa shape index (κ1) is 15.5. The maximum absolute atomic E-state index is 12.0. The Kier molecular flexibility index (Phi) is 5.09. The Hall–Kier alpha value is -2.88. The molecule has 2 rings (SSSR count). The summed E-state index contributed by atoms with van der Waals surface area (Å²) in [6.45, 7) is 0. The molecule has 0 aromatic heterocycles. The molecule has 4 heteroatoms. The molecule has 0 saturated heterocycles. The van der Waals surface area contributed by atoms with Crippen LogP contribution in [0.1, 0.15) is 5.56 Å². The van der Waals surface area contributed by atoms with Gasteiger partial charge in [-0.25, -0.2) is 9.59 Å². The van der Waals surface area contributed by atoms with E-state index in [1.54, 1.807) is 0 Å². The van der Waals surface area contributed by atoms with E-state index in [0.717, 1.165) is 16.3 Å². The van der Waals surface area contributed by atoms with Gasteiger partial charge in [0.1, 0.15) is 0 Å². The molecule has 0 fully saturated rings. The van der Waals surface area contributed by atoms with E-state index in [0.29, 0.717) is 5.57 Å². The third kappa shape index (κ3) is 3.61. The molecule has 0 N–H and O–H groups in total. The topological polar surface area (TPSA) is 52.6 Å². The van der Waals surface area contributed by atoms with Crippen molar-refractivity contribution in [3.05, 3.63) is 66.3 Å². The van der Waals surface area contributed by atoms with E-state index in [-0.39, 0.29) is 0 Å². The number of hydrogen-bond acceptors (Lipinski definition) is 4. The number of rotatable bonds is 4. The Balaban J connectivity index is 2.43. The van der Waals surface area contributed by atoms with E-state index in [2.05, 4.69) is 4.74 Å². The maximum atomic E-state index is 12.0. The van der Waals surface area contributed by atoms with Gasteiger partial charge in [0.2, 0.25) is 0 Å². The lowest BCUT2D eigenvalue weighted by Crippen LogP contribution is -2.04. The average molecular weight is 296 g/mol. The molecule has 0 saturated carbocycles. The van der Waals surface area contributed by atoms with Crippen LogP contribution >= 0.6 is 0 Å². The van der Waals surface area contributed by atoms with Gasteiger partial charge in [0.05, 0.1) is 19.8 Å². The van der Waals surface area contributed by atoms with Gasteiger partial charge in [0, 0.05) is 6.08 Å². The molecule has 112 valence electrons. The monoisotopic (exact) mass is 296 g/mol. The Morgan fingerprint density at radius 2 is 1.68 bits per heavy atom. The number of carbonyl (C=O) groups excluding carboxylic acids is 2. The van der Waals surface area contributed by atoms with Crippen LogP contribution in [-0.4, -0.2) is 26.2 Å². The lowest BCUT2D eigenvalue weighted by atomic mass is 10.0. The van der Waals surface area contributed by atoms with Crippen LogP contribution in [0.2, 0.25) is 0 Å². The standard InChI is InChI=1S/C18H16O4/c1-21-17(19)9-5-8-16(18(20)22-2)15-11-10-13-6-3-4-7-14(13)12-15/h3-12H,1-2H3. The van der Waals surface area contributed by atoms with Gasteiger partial charge in [-0.15, -0.1) is 0 Å². The number of allylic oxidation sites excluding steroid dienone is 2. The summed E-state index contributed by atoms with van der Waals surface area (Å²) >= 11 is 0. The Morgan fingerprint density at radius 3 is 2.36 bits per heavy atom. The minimum atomic E-state index is -0.487. The van der Waals surface area contributed by atoms with Crippen LogP contribution in [0.15, 0.2) is 60.7 Å². The Bertz CT molecular complexity index is 757. The van der Waals surface area contributed by atoms with E-state index in [1.807, 2.05) is 42.5 Å². The van der Waals surface area contributed by atoms with Crippen LogP contribution in [0.5, 0.6) is 0 Å². The number of hydrogen-bond donors (Lipinski definition) is 0. The zero-order chi connectivity index (χ0) is 15.9. The number of fused-ring (bicyclic) bond motifs is 1. The molecule has 0 heterocycles. The summed E-state index contributed by atoms with van der Waals surface area (Å²) in [6.07, 6.45) is 4.24. The SMILES string of the molecule is COC(=O)C=CC=C(C(=O)OC)c1ccc2ccccc2c1. The molecule has 4 nitrogen and oxygen atoms in total. The highest BCUT2D eigenvalue weighted by Gasteiger charge is 2.12. The zero-order valence-corrected chi connectivity index (χ0v) is 12.4. The molecule has 0 aliphatic carbocycles. The molecular formula is C18H16O4. The Labute approximate surface area is 128 Å². The summed E-state index contributed by atoms with van der Waals surface area (Å²) in [4.78, 5) is 23.0. The predicted octanol–water partition coefficient (Wildman–Crippen LogP) is 3.13. The molecule has 0 aliphatic rings. The van der Waals surface area contributed by atoms with E-state index in [9.17, 15) is 9.59 Å². The highest BCUT2D eigenvalue weighted by molar-refractivity contribution is 6.17. The van der Waals surface area contributed by atoms with E-state index >= 15 is 0 Å². The van der Waals surface area contributed by atoms with Gasteiger partial charge in [-0.1, -0.05) is 42.5 Å². The van der Waals surface area contributed by atoms with E-state index in [4.69, 9.17) is 4.74 Å². The first-order valence-corrected chi connectivity index (χ1v) is 6.69. The van der Waals surface area contributed by atoms with Crippen LogP contribution in [0.25, 0.3) is 16.3 Å². The van der Waals surface area contributed by atoms with Crippen molar-refractivity contribution in [2.24, 2.45) is 0 Å². The number of methoxy groups -OCH3 is 2. The van der Waals surface area contributed by atoms with Crippen LogP contribution in [0.3, 0.4) is 0 Å². The second-order valence-electron chi connectivity index (χ2n) is 4.52. The molecule has 0 radical (unpaired) electrons. The number of ether oxygens (including phenoxy) is 2. The maximum Gasteiger partial charge on any atom is 0.338 e. The number of esters is 2. The molecule has 0 bridgehead atoms. The largest absolute Gasteiger partial charge is 0.466 e. The minimum Gasteiger partial charge on any atom is -0.466 e.